The van der Waals surface area contributed by atoms with E-state index in [9.17, 15) is 0 Å². The fourth-order valence-electron chi connectivity index (χ4n) is 3.79. The summed E-state index contributed by atoms with van der Waals surface area (Å²) in [5.41, 5.74) is 13.5. The molecule has 3 rings (SSSR count). The number of nitrogens with one attached hydrogen (secondary N) is 1. The summed E-state index contributed by atoms with van der Waals surface area (Å²) in [6.45, 7) is 16.6. The van der Waals surface area contributed by atoms with E-state index in [0.717, 1.165) is 42.8 Å². The maximum Gasteiger partial charge on any atom is 0.495 e. The van der Waals surface area contributed by atoms with Crippen LogP contribution in [0.1, 0.15) is 44.4 Å². The summed E-state index contributed by atoms with van der Waals surface area (Å²) in [4.78, 5) is 5.34. The Balaban J connectivity index is 2.10. The summed E-state index contributed by atoms with van der Waals surface area (Å²) in [5, 5.41) is 7.21. The van der Waals surface area contributed by atoms with Crippen molar-refractivity contribution in [3.8, 4) is 0 Å². The normalized spacial score (nSPS) is 21.3. The molecule has 1 aromatic rings. The number of nitrogens with zero attached hydrogens (tertiary/aromatic N) is 4. The summed E-state index contributed by atoms with van der Waals surface area (Å²) in [7, 11) is -0.428. The van der Waals surface area contributed by atoms with Gasteiger partial charge in [0.25, 0.3) is 0 Å². The van der Waals surface area contributed by atoms with Gasteiger partial charge in [-0.3, -0.25) is 0 Å². The fraction of sp³-hybridized carbons (Fsp3) is 0.684. The third kappa shape index (κ3) is 3.67. The molecule has 2 aliphatic rings. The van der Waals surface area contributed by atoms with Gasteiger partial charge in [-0.15, -0.1) is 0 Å². The molecule has 0 aromatic heterocycles. The number of hydrogen-bond acceptors (Lipinski definition) is 5. The van der Waals surface area contributed by atoms with Crippen LogP contribution in [0.25, 0.3) is 10.4 Å². The lowest BCUT2D eigenvalue weighted by atomic mass is 9.71. The third-order valence-corrected chi connectivity index (χ3v) is 6.24. The molecule has 0 aliphatic carbocycles. The summed E-state index contributed by atoms with van der Waals surface area (Å²) < 4.78 is 12.7. The fourth-order valence-corrected chi connectivity index (χ4v) is 3.79. The van der Waals surface area contributed by atoms with Crippen molar-refractivity contribution in [2.45, 2.75) is 59.3 Å². The van der Waals surface area contributed by atoms with Gasteiger partial charge in [0, 0.05) is 36.8 Å². The van der Waals surface area contributed by atoms with Crippen molar-refractivity contribution in [3.63, 3.8) is 0 Å². The van der Waals surface area contributed by atoms with Crippen molar-refractivity contribution in [3.05, 3.63) is 33.2 Å². The lowest BCUT2D eigenvalue weighted by Crippen LogP contribution is -2.45. The largest absolute Gasteiger partial charge is 0.495 e. The minimum absolute atomic E-state index is 0.328. The van der Waals surface area contributed by atoms with Crippen LogP contribution in [0.2, 0.25) is 0 Å². The Kier molecular flexibility index (Phi) is 5.46. The molecule has 0 spiro atoms. The zero-order valence-corrected chi connectivity index (χ0v) is 17.3. The summed E-state index contributed by atoms with van der Waals surface area (Å²) in [5.74, 6) is 0. The van der Waals surface area contributed by atoms with Gasteiger partial charge in [-0.2, -0.15) is 0 Å². The van der Waals surface area contributed by atoms with Crippen LogP contribution in [0, 0.1) is 13.8 Å². The topological polar surface area (TPSA) is 82.5 Å². The monoisotopic (exact) mass is 371 g/mol. The molecule has 2 heterocycles. The van der Waals surface area contributed by atoms with Crippen LogP contribution in [-0.2, 0) is 15.9 Å². The van der Waals surface area contributed by atoms with Gasteiger partial charge in [-0.25, -0.2) is 0 Å². The molecule has 0 saturated carbocycles. The Morgan fingerprint density at radius 2 is 1.74 bits per heavy atom. The van der Waals surface area contributed by atoms with Crippen LogP contribution in [0.3, 0.4) is 0 Å². The summed E-state index contributed by atoms with van der Waals surface area (Å²) in [6, 6.07) is 2.17. The van der Waals surface area contributed by atoms with Gasteiger partial charge >= 0.3 is 7.12 Å². The summed E-state index contributed by atoms with van der Waals surface area (Å²) >= 11 is 0. The number of hydrogen-bond donors (Lipinski definition) is 1. The molecule has 27 heavy (non-hydrogen) atoms. The second kappa shape index (κ2) is 7.36. The molecule has 1 N–H and O–H groups in total. The van der Waals surface area contributed by atoms with Gasteiger partial charge < -0.3 is 19.5 Å². The number of anilines is 1. The van der Waals surface area contributed by atoms with Gasteiger partial charge in [-0.1, -0.05) is 5.11 Å². The number of piperazine rings is 1. The van der Waals surface area contributed by atoms with Crippen molar-refractivity contribution in [2.75, 3.05) is 31.1 Å². The highest BCUT2D eigenvalue weighted by molar-refractivity contribution is 6.63. The first-order valence-corrected chi connectivity index (χ1v) is 9.63. The molecule has 0 unspecified atom stereocenters. The van der Waals surface area contributed by atoms with E-state index in [4.69, 9.17) is 14.8 Å². The summed E-state index contributed by atoms with van der Waals surface area (Å²) in [6.07, 6.45) is 0. The van der Waals surface area contributed by atoms with Gasteiger partial charge in [0.05, 0.1) is 17.7 Å². The molecule has 0 bridgehead atoms. The lowest BCUT2D eigenvalue weighted by Gasteiger charge is -2.33. The molecule has 2 saturated heterocycles. The van der Waals surface area contributed by atoms with Crippen LogP contribution < -0.4 is 15.7 Å². The molecular formula is C19H30BN5O2. The van der Waals surface area contributed by atoms with Crippen LogP contribution >= 0.6 is 0 Å². The minimum atomic E-state index is -0.428. The highest BCUT2D eigenvalue weighted by atomic mass is 16.7. The zero-order valence-electron chi connectivity index (χ0n) is 17.3. The highest BCUT2D eigenvalue weighted by Gasteiger charge is 2.52. The zero-order chi connectivity index (χ0) is 19.8. The highest BCUT2D eigenvalue weighted by Crippen LogP contribution is 2.38. The number of benzene rings is 1. The average molecular weight is 371 g/mol. The van der Waals surface area contributed by atoms with Gasteiger partial charge in [-0.05, 0) is 75.3 Å². The van der Waals surface area contributed by atoms with E-state index in [1.54, 1.807) is 0 Å². The van der Waals surface area contributed by atoms with Gasteiger partial charge in [0.15, 0.2) is 0 Å². The van der Waals surface area contributed by atoms with Crippen LogP contribution in [0.5, 0.6) is 0 Å². The molecule has 0 atom stereocenters. The Hall–Kier alpha value is -1.73. The van der Waals surface area contributed by atoms with E-state index in [0.29, 0.717) is 6.54 Å². The van der Waals surface area contributed by atoms with Crippen molar-refractivity contribution < 1.29 is 9.31 Å². The molecule has 2 fully saturated rings. The maximum atomic E-state index is 8.80. The smallest absolute Gasteiger partial charge is 0.399 e. The third-order valence-electron chi connectivity index (χ3n) is 6.24. The molecule has 146 valence electrons. The van der Waals surface area contributed by atoms with E-state index >= 15 is 0 Å². The van der Waals surface area contributed by atoms with Crippen molar-refractivity contribution >= 4 is 18.3 Å². The average Bonchev–Trinajstić information content (AvgIpc) is 2.82. The predicted molar refractivity (Wildman–Crippen MR) is 110 cm³/mol. The Bertz CT molecular complexity index is 752. The number of azide groups is 1. The Labute approximate surface area is 162 Å². The van der Waals surface area contributed by atoms with Crippen molar-refractivity contribution in [2.24, 2.45) is 5.11 Å². The standard InChI is InChI=1S/C19H30BN5O2/c1-13-15(12-23-24-21)11-16(25-9-7-22-8-10-25)14(2)17(13)20-26-18(3,4)19(5,6)27-20/h11,22H,7-10,12H2,1-6H3. The van der Waals surface area contributed by atoms with E-state index in [-0.39, 0.29) is 0 Å². The second-order valence-corrected chi connectivity index (χ2v) is 8.43. The van der Waals surface area contributed by atoms with Crippen molar-refractivity contribution in [1.82, 2.24) is 5.32 Å². The van der Waals surface area contributed by atoms with Gasteiger partial charge in [0.2, 0.25) is 0 Å². The quantitative estimate of drug-likeness (QED) is 0.382. The van der Waals surface area contributed by atoms with E-state index < -0.39 is 18.3 Å². The Morgan fingerprint density at radius 3 is 2.30 bits per heavy atom. The van der Waals surface area contributed by atoms with Crippen LogP contribution in [0.4, 0.5) is 5.69 Å². The second-order valence-electron chi connectivity index (χ2n) is 8.43. The molecule has 1 aromatic carbocycles. The SMILES string of the molecule is Cc1c(CN=[N+]=[N-])cc(N2CCNCC2)c(C)c1B1OC(C)(C)C(C)(C)O1. The molecule has 2 aliphatic heterocycles. The van der Waals surface area contributed by atoms with Crippen LogP contribution in [-0.4, -0.2) is 44.5 Å². The van der Waals surface area contributed by atoms with Crippen molar-refractivity contribution in [1.29, 1.82) is 0 Å². The predicted octanol–water partition coefficient (Wildman–Crippen LogP) is 2.82. The number of rotatable bonds is 4. The molecule has 0 amide bonds. The first kappa shape index (κ1) is 20.0. The lowest BCUT2D eigenvalue weighted by molar-refractivity contribution is 0.00578. The van der Waals surface area contributed by atoms with Crippen LogP contribution in [0.15, 0.2) is 11.2 Å². The van der Waals surface area contributed by atoms with Gasteiger partial charge in [0.1, 0.15) is 0 Å². The van der Waals surface area contributed by atoms with E-state index in [1.807, 2.05) is 0 Å². The van der Waals surface area contributed by atoms with E-state index in [1.165, 1.54) is 11.3 Å². The van der Waals surface area contributed by atoms with E-state index in [2.05, 4.69) is 67.9 Å². The molecule has 8 heteroatoms. The minimum Gasteiger partial charge on any atom is -0.399 e. The molecule has 7 nitrogen and oxygen atoms in total. The Morgan fingerprint density at radius 1 is 1.15 bits per heavy atom. The molecule has 0 radical (unpaired) electrons. The maximum absolute atomic E-state index is 8.80. The molecular weight excluding hydrogens is 341 g/mol. The first-order chi connectivity index (χ1) is 12.7. The first-order valence-electron chi connectivity index (χ1n) is 9.63.